The second-order valence-electron chi connectivity index (χ2n) is 7.34. The van der Waals surface area contributed by atoms with Crippen LogP contribution in [0.2, 0.25) is 0 Å². The Morgan fingerprint density at radius 2 is 1.54 bits per heavy atom. The van der Waals surface area contributed by atoms with E-state index in [-0.39, 0.29) is 18.3 Å². The van der Waals surface area contributed by atoms with Crippen molar-refractivity contribution in [3.05, 3.63) is 65.6 Å². The third-order valence-corrected chi connectivity index (χ3v) is 4.91. The lowest BCUT2D eigenvalue weighted by Gasteiger charge is -2.13. The first-order chi connectivity index (χ1) is 16.3. The van der Waals surface area contributed by atoms with Gasteiger partial charge in [0.25, 0.3) is 5.91 Å². The van der Waals surface area contributed by atoms with Crippen molar-refractivity contribution in [2.45, 2.75) is 18.9 Å². The summed E-state index contributed by atoms with van der Waals surface area (Å²) in [5, 5.41) is 3.86. The molecule has 0 atom stereocenters. The van der Waals surface area contributed by atoms with Crippen LogP contribution in [0.5, 0.6) is 0 Å². The van der Waals surface area contributed by atoms with Crippen molar-refractivity contribution in [1.29, 1.82) is 0 Å². The topological polar surface area (TPSA) is 97.1 Å². The zero-order valence-corrected chi connectivity index (χ0v) is 17.5. The molecule has 4 rings (SSSR count). The summed E-state index contributed by atoms with van der Waals surface area (Å²) in [6.45, 7) is -0.118. The fourth-order valence-corrected chi connectivity index (χ4v) is 3.21. The minimum atomic E-state index is -5.03. The number of hydrogen-bond donors (Lipinski definition) is 0. The van der Waals surface area contributed by atoms with E-state index in [2.05, 4.69) is 20.1 Å². The van der Waals surface area contributed by atoms with E-state index in [1.165, 1.54) is 25.8 Å². The van der Waals surface area contributed by atoms with Gasteiger partial charge in [0, 0.05) is 30.6 Å². The van der Waals surface area contributed by atoms with Crippen LogP contribution in [0.15, 0.2) is 48.9 Å². The number of imide groups is 1. The van der Waals surface area contributed by atoms with Gasteiger partial charge >= 0.3 is 18.4 Å². The first-order valence-electron chi connectivity index (χ1n) is 9.61. The fraction of sp³-hybridized carbons (Fsp3) is 0.200. The smallest absolute Gasteiger partial charge is 0.291 e. The average molecular weight is 497 g/mol. The molecule has 1 aliphatic heterocycles. The minimum absolute atomic E-state index is 0.00734. The summed E-state index contributed by atoms with van der Waals surface area (Å²) in [4.78, 5) is 38.6. The summed E-state index contributed by atoms with van der Waals surface area (Å²) in [7, 11) is 1.31. The van der Waals surface area contributed by atoms with Gasteiger partial charge in [-0.2, -0.15) is 26.3 Å². The molecular formula is C20H13F6N7O2. The standard InChI is InChI=1S/C20H13F6N7O2/c1-31-15(17(34)33(18(31)35)7-11-5-27-9-28-6-11)8-32-10-29-16(30-32)12-2-13(19(21,22)23)4-14(3-12)20(24,25)26/h2-6,8-10H,7H2,1H3/b15-8-. The highest BCUT2D eigenvalue weighted by Crippen LogP contribution is 2.38. The number of rotatable bonds is 4. The van der Waals surface area contributed by atoms with Gasteiger partial charge in [0.2, 0.25) is 0 Å². The molecule has 1 saturated heterocycles. The van der Waals surface area contributed by atoms with Gasteiger partial charge < -0.3 is 0 Å². The molecule has 1 fully saturated rings. The Balaban J connectivity index is 1.65. The van der Waals surface area contributed by atoms with E-state index < -0.39 is 46.8 Å². The van der Waals surface area contributed by atoms with Gasteiger partial charge in [-0.15, -0.1) is 5.10 Å². The molecule has 1 aromatic carbocycles. The zero-order valence-electron chi connectivity index (χ0n) is 17.5. The normalized spacial score (nSPS) is 16.0. The minimum Gasteiger partial charge on any atom is -0.291 e. The van der Waals surface area contributed by atoms with E-state index in [1.54, 1.807) is 0 Å². The van der Waals surface area contributed by atoms with E-state index in [0.717, 1.165) is 27.0 Å². The molecule has 0 bridgehead atoms. The molecule has 0 spiro atoms. The number of nitrogens with zero attached hydrogens (tertiary/aromatic N) is 7. The number of carbonyl (C=O) groups is 2. The summed E-state index contributed by atoms with van der Waals surface area (Å²) < 4.78 is 79.7. The average Bonchev–Trinajstić information content (AvgIpc) is 3.34. The quantitative estimate of drug-likeness (QED) is 0.310. The van der Waals surface area contributed by atoms with Crippen LogP contribution in [0.4, 0.5) is 31.1 Å². The van der Waals surface area contributed by atoms with Gasteiger partial charge in [0.05, 0.1) is 23.9 Å². The van der Waals surface area contributed by atoms with Gasteiger partial charge in [0.15, 0.2) is 5.82 Å². The van der Waals surface area contributed by atoms with Gasteiger partial charge in [-0.25, -0.2) is 24.4 Å². The van der Waals surface area contributed by atoms with E-state index in [4.69, 9.17) is 0 Å². The molecule has 3 amide bonds. The lowest BCUT2D eigenvalue weighted by molar-refractivity contribution is -0.143. The largest absolute Gasteiger partial charge is 0.416 e. The molecule has 0 N–H and O–H groups in total. The molecule has 0 aliphatic carbocycles. The third-order valence-electron chi connectivity index (χ3n) is 4.91. The Bertz CT molecular complexity index is 1290. The molecule has 182 valence electrons. The zero-order chi connectivity index (χ0) is 25.5. The maximum atomic E-state index is 13.1. The lowest BCUT2D eigenvalue weighted by atomic mass is 10.0. The molecule has 0 radical (unpaired) electrons. The molecule has 15 heteroatoms. The molecule has 1 aliphatic rings. The van der Waals surface area contributed by atoms with Crippen molar-refractivity contribution in [2.75, 3.05) is 7.05 Å². The van der Waals surface area contributed by atoms with Crippen molar-refractivity contribution in [1.82, 2.24) is 34.5 Å². The molecule has 0 saturated carbocycles. The third kappa shape index (κ3) is 4.83. The molecule has 3 aromatic rings. The number of halogens is 6. The Morgan fingerprint density at radius 1 is 0.943 bits per heavy atom. The number of urea groups is 1. The number of likely N-dealkylation sites (N-methyl/N-ethyl adjacent to an activating group) is 1. The summed E-state index contributed by atoms with van der Waals surface area (Å²) in [6.07, 6.45) is -3.89. The Kier molecular flexibility index (Phi) is 5.78. The van der Waals surface area contributed by atoms with Gasteiger partial charge in [-0.3, -0.25) is 14.6 Å². The molecule has 9 nitrogen and oxygen atoms in total. The van der Waals surface area contributed by atoms with E-state index in [0.29, 0.717) is 17.7 Å². The molecular weight excluding hydrogens is 484 g/mol. The Labute approximate surface area is 192 Å². The fourth-order valence-electron chi connectivity index (χ4n) is 3.21. The Hall–Kier alpha value is -4.30. The van der Waals surface area contributed by atoms with Crippen LogP contribution in [-0.4, -0.2) is 53.5 Å². The highest BCUT2D eigenvalue weighted by atomic mass is 19.4. The SMILES string of the molecule is CN1C(=O)N(Cc2cncnc2)C(=O)/C1=C/n1cnc(-c2cc(C(F)(F)F)cc(C(F)(F)F)c2)n1. The highest BCUT2D eigenvalue weighted by Gasteiger charge is 2.39. The van der Waals surface area contributed by atoms with Crippen LogP contribution >= 0.6 is 0 Å². The van der Waals surface area contributed by atoms with Crippen molar-refractivity contribution < 1.29 is 35.9 Å². The number of hydrogen-bond acceptors (Lipinski definition) is 6. The van der Waals surface area contributed by atoms with Crippen LogP contribution in [0.25, 0.3) is 17.6 Å². The number of benzene rings is 1. The van der Waals surface area contributed by atoms with Crippen molar-refractivity contribution >= 4 is 18.1 Å². The first kappa shape index (κ1) is 23.8. The second-order valence-corrected chi connectivity index (χ2v) is 7.34. The number of carbonyl (C=O) groups excluding carboxylic acids is 2. The number of aromatic nitrogens is 5. The van der Waals surface area contributed by atoms with Crippen LogP contribution < -0.4 is 0 Å². The molecule has 2 aromatic heterocycles. The van der Waals surface area contributed by atoms with Crippen molar-refractivity contribution in [3.8, 4) is 11.4 Å². The number of amides is 3. The van der Waals surface area contributed by atoms with Crippen molar-refractivity contribution in [2.24, 2.45) is 0 Å². The monoisotopic (exact) mass is 497 g/mol. The second kappa shape index (κ2) is 8.48. The van der Waals surface area contributed by atoms with Gasteiger partial charge in [0.1, 0.15) is 18.4 Å². The first-order valence-corrected chi connectivity index (χ1v) is 9.61. The maximum absolute atomic E-state index is 13.1. The van der Waals surface area contributed by atoms with Crippen LogP contribution in [0.3, 0.4) is 0 Å². The summed E-state index contributed by atoms with van der Waals surface area (Å²) in [6, 6.07) is 0.301. The molecule has 3 heterocycles. The lowest BCUT2D eigenvalue weighted by Crippen LogP contribution is -2.31. The van der Waals surface area contributed by atoms with Crippen LogP contribution in [0, 0.1) is 0 Å². The van der Waals surface area contributed by atoms with Gasteiger partial charge in [-0.05, 0) is 18.2 Å². The van der Waals surface area contributed by atoms with E-state index >= 15 is 0 Å². The maximum Gasteiger partial charge on any atom is 0.416 e. The highest BCUT2D eigenvalue weighted by molar-refractivity contribution is 6.13. The predicted molar refractivity (Wildman–Crippen MR) is 105 cm³/mol. The molecule has 0 unspecified atom stereocenters. The van der Waals surface area contributed by atoms with Gasteiger partial charge in [-0.1, -0.05) is 0 Å². The number of alkyl halides is 6. The predicted octanol–water partition coefficient (Wildman–Crippen LogP) is 3.67. The Morgan fingerprint density at radius 3 is 2.11 bits per heavy atom. The summed E-state index contributed by atoms with van der Waals surface area (Å²) in [5.41, 5.74) is -3.24. The van der Waals surface area contributed by atoms with Crippen molar-refractivity contribution in [3.63, 3.8) is 0 Å². The van der Waals surface area contributed by atoms with E-state index in [1.807, 2.05) is 0 Å². The summed E-state index contributed by atoms with van der Waals surface area (Å²) >= 11 is 0. The van der Waals surface area contributed by atoms with Crippen LogP contribution in [0.1, 0.15) is 16.7 Å². The summed E-state index contributed by atoms with van der Waals surface area (Å²) in [5.74, 6) is -1.16. The van der Waals surface area contributed by atoms with Crippen LogP contribution in [-0.2, 0) is 23.7 Å². The molecule has 35 heavy (non-hydrogen) atoms. The van der Waals surface area contributed by atoms with E-state index in [9.17, 15) is 35.9 Å².